The maximum absolute atomic E-state index is 7.14. The number of hydrogen-bond acceptors (Lipinski definition) is 1. The molecule has 0 aliphatic heterocycles. The molecule has 3 heteroatoms. The van der Waals surface area contributed by atoms with Crippen LogP contribution >= 0.6 is 0 Å². The Morgan fingerprint density at radius 1 is 0.600 bits per heavy atom. The fourth-order valence-electron chi connectivity index (χ4n) is 3.44. The number of nitrogens with zero attached hydrogens (tertiary/aromatic N) is 1. The zero-order valence-corrected chi connectivity index (χ0v) is 18.4. The van der Waals surface area contributed by atoms with Crippen LogP contribution in [-0.2, 0) is 0 Å². The minimum absolute atomic E-state index is 0. The van der Waals surface area contributed by atoms with Crippen molar-refractivity contribution in [2.75, 3.05) is 27.2 Å². The molecule has 0 aromatic carbocycles. The summed E-state index contributed by atoms with van der Waals surface area (Å²) in [6.07, 6.45) is 24.0. The van der Waals surface area contributed by atoms with Crippen molar-refractivity contribution in [2.45, 2.75) is 110 Å². The number of unbranched alkanes of at least 4 members (excludes halogenated alkanes) is 14. The van der Waals surface area contributed by atoms with Gasteiger partial charge in [-0.2, -0.15) is 0 Å². The van der Waals surface area contributed by atoms with Crippen LogP contribution in [0, 0.1) is 5.41 Å². The second kappa shape index (κ2) is 20.2. The van der Waals surface area contributed by atoms with E-state index in [1.165, 1.54) is 103 Å². The highest BCUT2D eigenvalue weighted by molar-refractivity contribution is 5.52. The molecule has 0 rings (SSSR count). The van der Waals surface area contributed by atoms with Crippen molar-refractivity contribution in [3.8, 4) is 0 Å². The standard InChI is InChI=1S/C22H47N2.ClH/c1-4-5-6-7-8-9-10-11-12-13-14-15-16-17-18-21-24(2,3)22-19-20-23;/h20,23H,4-19,21-22H2,1-3H3;1H/q+1;/p-1. The molecule has 0 fully saturated rings. The van der Waals surface area contributed by atoms with Crippen LogP contribution in [0.5, 0.6) is 0 Å². The summed E-state index contributed by atoms with van der Waals surface area (Å²) in [5.74, 6) is 0. The van der Waals surface area contributed by atoms with Gasteiger partial charge in [-0.15, -0.1) is 0 Å². The zero-order chi connectivity index (χ0) is 17.9. The van der Waals surface area contributed by atoms with Crippen molar-refractivity contribution in [3.63, 3.8) is 0 Å². The molecule has 0 saturated carbocycles. The van der Waals surface area contributed by atoms with Crippen LogP contribution in [0.4, 0.5) is 0 Å². The number of nitrogens with one attached hydrogen (secondary N) is 1. The van der Waals surface area contributed by atoms with Gasteiger partial charge in [0.1, 0.15) is 0 Å². The summed E-state index contributed by atoms with van der Waals surface area (Å²) >= 11 is 0. The van der Waals surface area contributed by atoms with E-state index in [0.29, 0.717) is 0 Å². The van der Waals surface area contributed by atoms with Crippen LogP contribution in [0.2, 0.25) is 0 Å². The topological polar surface area (TPSA) is 23.9 Å². The van der Waals surface area contributed by atoms with Crippen LogP contribution in [0.3, 0.4) is 0 Å². The molecule has 0 radical (unpaired) electrons. The predicted molar refractivity (Wildman–Crippen MR) is 110 cm³/mol. The van der Waals surface area contributed by atoms with Gasteiger partial charge in [0.15, 0.2) is 0 Å². The van der Waals surface area contributed by atoms with E-state index in [1.54, 1.807) is 6.21 Å². The summed E-state index contributed by atoms with van der Waals surface area (Å²) in [6, 6.07) is 0. The SMILES string of the molecule is CCCCCCCCCCCCCCCCC[N+](C)(C)CCC=N.[Cl-]. The molecule has 152 valence electrons. The lowest BCUT2D eigenvalue weighted by Crippen LogP contribution is -3.00. The maximum Gasteiger partial charge on any atom is 0.0832 e. The molecule has 0 heterocycles. The van der Waals surface area contributed by atoms with E-state index in [1.807, 2.05) is 0 Å². The first kappa shape index (κ1) is 27.1. The Bertz CT molecular complexity index is 267. The van der Waals surface area contributed by atoms with Crippen molar-refractivity contribution in [1.82, 2.24) is 0 Å². The highest BCUT2D eigenvalue weighted by Crippen LogP contribution is 2.13. The third-order valence-electron chi connectivity index (χ3n) is 5.25. The van der Waals surface area contributed by atoms with Crippen LogP contribution in [0.15, 0.2) is 0 Å². The highest BCUT2D eigenvalue weighted by atomic mass is 35.5. The van der Waals surface area contributed by atoms with E-state index in [9.17, 15) is 0 Å². The summed E-state index contributed by atoms with van der Waals surface area (Å²) in [4.78, 5) is 0. The molecular formula is C22H47ClN2. The summed E-state index contributed by atoms with van der Waals surface area (Å²) < 4.78 is 1.08. The van der Waals surface area contributed by atoms with E-state index >= 15 is 0 Å². The molecule has 0 aromatic rings. The van der Waals surface area contributed by atoms with Crippen LogP contribution in [0.25, 0.3) is 0 Å². The lowest BCUT2D eigenvalue weighted by Gasteiger charge is -2.29. The van der Waals surface area contributed by atoms with Gasteiger partial charge in [0, 0.05) is 12.6 Å². The van der Waals surface area contributed by atoms with E-state index < -0.39 is 0 Å². The number of hydrogen-bond donors (Lipinski definition) is 1. The second-order valence-electron chi connectivity index (χ2n) is 8.33. The molecule has 0 amide bonds. The lowest BCUT2D eigenvalue weighted by atomic mass is 10.0. The van der Waals surface area contributed by atoms with Gasteiger partial charge in [-0.05, 0) is 12.8 Å². The minimum Gasteiger partial charge on any atom is -1.00 e. The fraction of sp³-hybridized carbons (Fsp3) is 0.955. The van der Waals surface area contributed by atoms with Crippen LogP contribution in [0.1, 0.15) is 110 Å². The predicted octanol–water partition coefficient (Wildman–Crippen LogP) is 3.98. The van der Waals surface area contributed by atoms with Gasteiger partial charge in [-0.25, -0.2) is 0 Å². The third-order valence-corrected chi connectivity index (χ3v) is 5.25. The van der Waals surface area contributed by atoms with Crippen molar-refractivity contribution in [1.29, 1.82) is 5.41 Å². The first-order valence-corrected chi connectivity index (χ1v) is 10.9. The Balaban J connectivity index is 0. The maximum atomic E-state index is 7.14. The molecule has 0 aromatic heterocycles. The van der Waals surface area contributed by atoms with Gasteiger partial charge < -0.3 is 22.3 Å². The van der Waals surface area contributed by atoms with E-state index in [2.05, 4.69) is 21.0 Å². The molecule has 25 heavy (non-hydrogen) atoms. The van der Waals surface area contributed by atoms with Crippen molar-refractivity contribution in [2.24, 2.45) is 0 Å². The van der Waals surface area contributed by atoms with Gasteiger partial charge in [0.05, 0.1) is 27.2 Å². The molecule has 0 unspecified atom stereocenters. The fourth-order valence-corrected chi connectivity index (χ4v) is 3.44. The van der Waals surface area contributed by atoms with Crippen molar-refractivity contribution < 1.29 is 16.9 Å². The third kappa shape index (κ3) is 21.9. The highest BCUT2D eigenvalue weighted by Gasteiger charge is 2.12. The Labute approximate surface area is 165 Å². The Morgan fingerprint density at radius 2 is 0.960 bits per heavy atom. The molecule has 1 N–H and O–H groups in total. The molecule has 0 aliphatic rings. The lowest BCUT2D eigenvalue weighted by molar-refractivity contribution is -0.889. The normalized spacial score (nSPS) is 11.3. The van der Waals surface area contributed by atoms with E-state index in [4.69, 9.17) is 5.41 Å². The summed E-state index contributed by atoms with van der Waals surface area (Å²) in [5, 5.41) is 7.14. The molecule has 0 saturated heterocycles. The van der Waals surface area contributed by atoms with E-state index in [-0.39, 0.29) is 12.4 Å². The second-order valence-corrected chi connectivity index (χ2v) is 8.33. The van der Waals surface area contributed by atoms with Gasteiger partial charge in [0.2, 0.25) is 0 Å². The van der Waals surface area contributed by atoms with Gasteiger partial charge in [-0.1, -0.05) is 90.4 Å². The number of rotatable bonds is 19. The van der Waals surface area contributed by atoms with Gasteiger partial charge >= 0.3 is 0 Å². The summed E-state index contributed by atoms with van der Waals surface area (Å²) in [6.45, 7) is 4.68. The number of quaternary nitrogens is 1. The van der Waals surface area contributed by atoms with E-state index in [0.717, 1.165) is 17.4 Å². The van der Waals surface area contributed by atoms with Gasteiger partial charge in [0.25, 0.3) is 0 Å². The van der Waals surface area contributed by atoms with Crippen LogP contribution < -0.4 is 12.4 Å². The number of halogens is 1. The Kier molecular flexibility index (Phi) is 22.0. The Morgan fingerprint density at radius 3 is 1.32 bits per heavy atom. The largest absolute Gasteiger partial charge is 1.00 e. The monoisotopic (exact) mass is 374 g/mol. The minimum atomic E-state index is 0. The molecule has 2 nitrogen and oxygen atoms in total. The first-order valence-electron chi connectivity index (χ1n) is 10.9. The molecule has 0 spiro atoms. The average molecular weight is 375 g/mol. The average Bonchev–Trinajstić information content (AvgIpc) is 2.56. The first-order chi connectivity index (χ1) is 11.6. The van der Waals surface area contributed by atoms with Gasteiger partial charge in [-0.3, -0.25) is 0 Å². The smallest absolute Gasteiger partial charge is 0.0832 e. The quantitative estimate of drug-likeness (QED) is 0.201. The van der Waals surface area contributed by atoms with Crippen molar-refractivity contribution in [3.05, 3.63) is 0 Å². The molecule has 0 atom stereocenters. The summed E-state index contributed by atoms with van der Waals surface area (Å²) in [5.41, 5.74) is 0. The summed E-state index contributed by atoms with van der Waals surface area (Å²) in [7, 11) is 4.60. The molecular weight excluding hydrogens is 328 g/mol. The van der Waals surface area contributed by atoms with Crippen molar-refractivity contribution >= 4 is 6.21 Å². The molecule has 0 bridgehead atoms. The Hall–Kier alpha value is -0.0800. The van der Waals surface area contributed by atoms with Crippen LogP contribution in [-0.4, -0.2) is 37.9 Å². The zero-order valence-electron chi connectivity index (χ0n) is 17.6. The molecule has 0 aliphatic carbocycles.